The van der Waals surface area contributed by atoms with Crippen molar-refractivity contribution < 1.29 is 30.0 Å². The lowest BCUT2D eigenvalue weighted by atomic mass is 10.4. The molecule has 0 saturated heterocycles. The van der Waals surface area contributed by atoms with E-state index >= 15 is 0 Å². The fourth-order valence-corrected chi connectivity index (χ4v) is 4.57. The molecule has 0 aliphatic heterocycles. The lowest BCUT2D eigenvalue weighted by molar-refractivity contribution is -0.0437. The number of halogens is 4. The molecule has 4 nitrogen and oxygen atoms in total. The fourth-order valence-electron chi connectivity index (χ4n) is 1.17. The van der Waals surface area contributed by atoms with E-state index in [-0.39, 0.29) is 5.02 Å². The van der Waals surface area contributed by atoms with E-state index in [0.717, 1.165) is 24.3 Å². The molecular weight excluding hydrogens is 329 g/mol. The molecule has 1 rings (SSSR count). The number of rotatable bonds is 3. The van der Waals surface area contributed by atoms with Crippen molar-refractivity contribution in [2.45, 2.75) is 21.9 Å². The van der Waals surface area contributed by atoms with E-state index in [0.29, 0.717) is 6.92 Å². The molecule has 0 aromatic heterocycles. The van der Waals surface area contributed by atoms with Gasteiger partial charge in [-0.15, -0.1) is 0 Å². The molecule has 10 heteroatoms. The maximum Gasteiger partial charge on any atom is 0.498 e. The van der Waals surface area contributed by atoms with Crippen molar-refractivity contribution in [1.29, 1.82) is 0 Å². The molecule has 0 N–H and O–H groups in total. The van der Waals surface area contributed by atoms with Crippen LogP contribution >= 0.6 is 11.6 Å². The Morgan fingerprint density at radius 1 is 1.05 bits per heavy atom. The van der Waals surface area contributed by atoms with Gasteiger partial charge in [0.2, 0.25) is 0 Å². The summed E-state index contributed by atoms with van der Waals surface area (Å²) in [5.41, 5.74) is -5.63. The lowest BCUT2D eigenvalue weighted by Gasteiger charge is -2.15. The average Bonchev–Trinajstić information content (AvgIpc) is 2.27. The van der Waals surface area contributed by atoms with Crippen molar-refractivity contribution in [3.8, 4) is 0 Å². The predicted molar refractivity (Wildman–Crippen MR) is 63.1 cm³/mol. The van der Waals surface area contributed by atoms with Crippen LogP contribution in [0.3, 0.4) is 0 Å². The van der Waals surface area contributed by atoms with Gasteiger partial charge in [0.25, 0.3) is 9.84 Å². The summed E-state index contributed by atoms with van der Waals surface area (Å²) in [6.07, 6.45) is 0. The molecule has 0 saturated carbocycles. The molecule has 0 amide bonds. The number of hydrogen-bond acceptors (Lipinski definition) is 4. The minimum atomic E-state index is -5.81. The van der Waals surface area contributed by atoms with Crippen LogP contribution in [0.25, 0.3) is 0 Å². The Bertz CT molecular complexity index is 662. The smallest absolute Gasteiger partial charge is 0.222 e. The first kappa shape index (κ1) is 16.3. The summed E-state index contributed by atoms with van der Waals surface area (Å²) in [7, 11) is -10.5. The normalized spacial score (nSPS) is 15.2. The highest BCUT2D eigenvalue weighted by atomic mass is 35.5. The van der Waals surface area contributed by atoms with Crippen LogP contribution in [-0.2, 0) is 19.7 Å². The maximum atomic E-state index is 12.3. The van der Waals surface area contributed by atoms with E-state index in [2.05, 4.69) is 0 Å². The third kappa shape index (κ3) is 3.03. The Hall–Kier alpha value is -0.800. The second-order valence-electron chi connectivity index (χ2n) is 3.56. The summed E-state index contributed by atoms with van der Waals surface area (Å²) in [6.45, 7) is 0.479. The molecule has 0 radical (unpaired) electrons. The summed E-state index contributed by atoms with van der Waals surface area (Å²) in [5, 5.41) is 0.172. The number of alkyl halides is 3. The van der Waals surface area contributed by atoms with Gasteiger partial charge in [0.05, 0.1) is 4.90 Å². The molecule has 1 aromatic rings. The largest absolute Gasteiger partial charge is 0.498 e. The summed E-state index contributed by atoms with van der Waals surface area (Å²) >= 11 is 5.51. The minimum absolute atomic E-state index is 0.172. The molecule has 0 aliphatic carbocycles. The van der Waals surface area contributed by atoms with Crippen molar-refractivity contribution in [1.82, 2.24) is 0 Å². The molecule has 19 heavy (non-hydrogen) atoms. The molecule has 108 valence electrons. The standard InChI is InChI=1S/C9H8ClF3O4S2/c1-6(19(16,17)9(11,12)13)18(14,15)8-4-2-7(10)3-5-8/h2-6H,1H3. The molecule has 0 bridgehead atoms. The zero-order chi connectivity index (χ0) is 15.1. The van der Waals surface area contributed by atoms with E-state index in [4.69, 9.17) is 11.6 Å². The highest BCUT2D eigenvalue weighted by molar-refractivity contribution is 8.09. The van der Waals surface area contributed by atoms with Crippen molar-refractivity contribution in [2.75, 3.05) is 0 Å². The third-order valence-corrected chi connectivity index (χ3v) is 7.43. The van der Waals surface area contributed by atoms with Crippen LogP contribution in [0.1, 0.15) is 6.92 Å². The van der Waals surface area contributed by atoms with Crippen LogP contribution in [0.4, 0.5) is 13.2 Å². The first-order chi connectivity index (χ1) is 8.40. The molecule has 1 atom stereocenters. The highest BCUT2D eigenvalue weighted by Gasteiger charge is 2.53. The summed E-state index contributed by atoms with van der Waals surface area (Å²) in [4.78, 5) is -0.544. The number of hydrogen-bond donors (Lipinski definition) is 0. The van der Waals surface area contributed by atoms with Crippen LogP contribution in [0.2, 0.25) is 5.02 Å². The van der Waals surface area contributed by atoms with Gasteiger partial charge in [0, 0.05) is 5.02 Å². The van der Waals surface area contributed by atoms with Crippen molar-refractivity contribution in [3.63, 3.8) is 0 Å². The zero-order valence-corrected chi connectivity index (χ0v) is 11.7. The molecule has 0 aliphatic rings. The first-order valence-corrected chi connectivity index (χ1v) is 8.17. The van der Waals surface area contributed by atoms with E-state index in [9.17, 15) is 30.0 Å². The van der Waals surface area contributed by atoms with Gasteiger partial charge in [-0.05, 0) is 31.2 Å². The lowest BCUT2D eigenvalue weighted by Crippen LogP contribution is -2.37. The second-order valence-corrected chi connectivity index (χ2v) is 8.82. The van der Waals surface area contributed by atoms with Crippen LogP contribution in [-0.4, -0.2) is 26.9 Å². The fraction of sp³-hybridized carbons (Fsp3) is 0.333. The summed E-state index contributed by atoms with van der Waals surface area (Å²) in [5.74, 6) is 0. The van der Waals surface area contributed by atoms with Gasteiger partial charge in [0.15, 0.2) is 14.4 Å². The SMILES string of the molecule is CC(S(=O)(=O)c1ccc(Cl)cc1)S(=O)(=O)C(F)(F)F. The Labute approximate surface area is 113 Å². The van der Waals surface area contributed by atoms with Gasteiger partial charge >= 0.3 is 5.51 Å². The zero-order valence-electron chi connectivity index (χ0n) is 9.35. The Kier molecular flexibility index (Phi) is 4.23. The van der Waals surface area contributed by atoms with Crippen LogP contribution in [0.15, 0.2) is 29.2 Å². The van der Waals surface area contributed by atoms with Crippen LogP contribution < -0.4 is 0 Å². The molecule has 0 fully saturated rings. The van der Waals surface area contributed by atoms with Gasteiger partial charge in [0.1, 0.15) is 0 Å². The van der Waals surface area contributed by atoms with E-state index in [1.807, 2.05) is 0 Å². The predicted octanol–water partition coefficient (Wildman–Crippen LogP) is 2.39. The maximum absolute atomic E-state index is 12.3. The number of benzene rings is 1. The molecule has 0 heterocycles. The Morgan fingerprint density at radius 2 is 1.47 bits per heavy atom. The van der Waals surface area contributed by atoms with Gasteiger partial charge in [-0.25, -0.2) is 16.8 Å². The molecular formula is C9H8ClF3O4S2. The van der Waals surface area contributed by atoms with Gasteiger partial charge < -0.3 is 0 Å². The van der Waals surface area contributed by atoms with E-state index in [1.54, 1.807) is 0 Å². The van der Waals surface area contributed by atoms with Crippen LogP contribution in [0, 0.1) is 0 Å². The molecule has 1 unspecified atom stereocenters. The van der Waals surface area contributed by atoms with Gasteiger partial charge in [-0.1, -0.05) is 11.6 Å². The Balaban J connectivity index is 3.33. The third-order valence-electron chi connectivity index (χ3n) is 2.34. The first-order valence-electron chi connectivity index (χ1n) is 4.70. The molecule has 1 aromatic carbocycles. The van der Waals surface area contributed by atoms with Crippen LogP contribution in [0.5, 0.6) is 0 Å². The van der Waals surface area contributed by atoms with Crippen molar-refractivity contribution in [2.24, 2.45) is 0 Å². The number of sulfone groups is 2. The molecule has 0 spiro atoms. The van der Waals surface area contributed by atoms with Gasteiger partial charge in [-0.3, -0.25) is 0 Å². The van der Waals surface area contributed by atoms with Crippen molar-refractivity contribution in [3.05, 3.63) is 29.3 Å². The summed E-state index contributed by atoms with van der Waals surface area (Å²) < 4.78 is 80.2. The van der Waals surface area contributed by atoms with E-state index < -0.39 is 34.7 Å². The topological polar surface area (TPSA) is 68.3 Å². The van der Waals surface area contributed by atoms with Gasteiger partial charge in [-0.2, -0.15) is 13.2 Å². The van der Waals surface area contributed by atoms with Crippen molar-refractivity contribution >= 4 is 31.3 Å². The second kappa shape index (κ2) is 4.95. The highest BCUT2D eigenvalue weighted by Crippen LogP contribution is 2.32. The monoisotopic (exact) mass is 336 g/mol. The quantitative estimate of drug-likeness (QED) is 0.850. The minimum Gasteiger partial charge on any atom is -0.222 e. The average molecular weight is 337 g/mol. The Morgan fingerprint density at radius 3 is 1.84 bits per heavy atom. The van der Waals surface area contributed by atoms with E-state index in [1.165, 1.54) is 0 Å². The summed E-state index contributed by atoms with van der Waals surface area (Å²) in [6, 6.07) is 4.17.